The van der Waals surface area contributed by atoms with E-state index in [0.717, 1.165) is 0 Å². The lowest BCUT2D eigenvalue weighted by Gasteiger charge is -2.07. The van der Waals surface area contributed by atoms with Gasteiger partial charge in [0.15, 0.2) is 5.78 Å². The standard InChI is InChI=1S/C17H15ClO5/c1-23-17(22)12-4-2-3-10(7-12)15(20)6-5-11-8-13(19)9-14(18)16(11)21/h2-4,7-9,19,21H,5-6H2,1H3. The molecule has 0 aromatic heterocycles. The van der Waals surface area contributed by atoms with E-state index in [1.165, 1.54) is 25.3 Å². The number of benzene rings is 2. The van der Waals surface area contributed by atoms with E-state index in [9.17, 15) is 19.8 Å². The lowest BCUT2D eigenvalue weighted by atomic mass is 10.0. The number of aryl methyl sites for hydroxylation is 1. The van der Waals surface area contributed by atoms with Crippen LogP contribution < -0.4 is 0 Å². The van der Waals surface area contributed by atoms with Gasteiger partial charge in [-0.25, -0.2) is 4.79 Å². The van der Waals surface area contributed by atoms with E-state index in [1.54, 1.807) is 18.2 Å². The van der Waals surface area contributed by atoms with Gasteiger partial charge in [0.2, 0.25) is 0 Å². The molecule has 0 aliphatic rings. The molecular formula is C17H15ClO5. The average molecular weight is 335 g/mol. The predicted octanol–water partition coefficient (Wildman–Crippen LogP) is 3.35. The molecule has 0 unspecified atom stereocenters. The largest absolute Gasteiger partial charge is 0.508 e. The van der Waals surface area contributed by atoms with E-state index < -0.39 is 5.97 Å². The van der Waals surface area contributed by atoms with Crippen LogP contribution in [0.2, 0.25) is 5.02 Å². The number of hydrogen-bond donors (Lipinski definition) is 2. The van der Waals surface area contributed by atoms with Gasteiger partial charge in [0.1, 0.15) is 11.5 Å². The highest BCUT2D eigenvalue weighted by atomic mass is 35.5. The molecule has 120 valence electrons. The van der Waals surface area contributed by atoms with Gasteiger partial charge in [0.05, 0.1) is 17.7 Å². The Morgan fingerprint density at radius 1 is 1.13 bits per heavy atom. The molecule has 23 heavy (non-hydrogen) atoms. The molecule has 2 N–H and O–H groups in total. The highest BCUT2D eigenvalue weighted by Gasteiger charge is 2.13. The molecule has 2 aromatic carbocycles. The van der Waals surface area contributed by atoms with Crippen molar-refractivity contribution in [3.63, 3.8) is 0 Å². The minimum atomic E-state index is -0.517. The van der Waals surface area contributed by atoms with Gasteiger partial charge in [-0.15, -0.1) is 0 Å². The Morgan fingerprint density at radius 2 is 1.83 bits per heavy atom. The number of carbonyl (C=O) groups excluding carboxylic acids is 2. The second kappa shape index (κ2) is 7.15. The van der Waals surface area contributed by atoms with Gasteiger partial charge in [-0.1, -0.05) is 23.7 Å². The number of halogens is 1. The van der Waals surface area contributed by atoms with Crippen LogP contribution in [0.15, 0.2) is 36.4 Å². The molecule has 0 atom stereocenters. The van der Waals surface area contributed by atoms with Crippen molar-refractivity contribution in [3.8, 4) is 11.5 Å². The average Bonchev–Trinajstić information content (AvgIpc) is 2.55. The van der Waals surface area contributed by atoms with E-state index >= 15 is 0 Å². The second-order valence-corrected chi connectivity index (χ2v) is 5.34. The Kier molecular flexibility index (Phi) is 5.24. The first-order valence-corrected chi connectivity index (χ1v) is 7.22. The number of hydrogen-bond acceptors (Lipinski definition) is 5. The van der Waals surface area contributed by atoms with Crippen molar-refractivity contribution in [1.29, 1.82) is 0 Å². The minimum Gasteiger partial charge on any atom is -0.508 e. The quantitative estimate of drug-likeness (QED) is 0.497. The van der Waals surface area contributed by atoms with Crippen molar-refractivity contribution in [2.24, 2.45) is 0 Å². The Bertz CT molecular complexity index is 755. The number of ether oxygens (including phenoxy) is 1. The van der Waals surface area contributed by atoms with Crippen LogP contribution in [0.5, 0.6) is 11.5 Å². The molecule has 0 bridgehead atoms. The molecule has 0 radical (unpaired) electrons. The first-order valence-electron chi connectivity index (χ1n) is 6.84. The van der Waals surface area contributed by atoms with Crippen LogP contribution in [0.4, 0.5) is 0 Å². The Hall–Kier alpha value is -2.53. The number of Topliss-reactive ketones (excluding diaryl/α,β-unsaturated/α-hetero) is 1. The fourth-order valence-electron chi connectivity index (χ4n) is 2.16. The summed E-state index contributed by atoms with van der Waals surface area (Å²) in [6, 6.07) is 8.81. The van der Waals surface area contributed by atoms with Gasteiger partial charge in [-0.05, 0) is 30.2 Å². The highest BCUT2D eigenvalue weighted by molar-refractivity contribution is 6.32. The Labute approximate surface area is 138 Å². The van der Waals surface area contributed by atoms with Gasteiger partial charge >= 0.3 is 5.97 Å². The fraction of sp³-hybridized carbons (Fsp3) is 0.176. The zero-order valence-corrected chi connectivity index (χ0v) is 13.1. The molecule has 0 spiro atoms. The van der Waals surface area contributed by atoms with Crippen LogP contribution >= 0.6 is 11.6 Å². The molecule has 5 nitrogen and oxygen atoms in total. The van der Waals surface area contributed by atoms with Gasteiger partial charge < -0.3 is 14.9 Å². The van der Waals surface area contributed by atoms with Crippen LogP contribution in [0, 0.1) is 0 Å². The number of ketones is 1. The number of methoxy groups -OCH3 is 1. The van der Waals surface area contributed by atoms with Crippen molar-refractivity contribution < 1.29 is 24.5 Å². The second-order valence-electron chi connectivity index (χ2n) is 4.93. The van der Waals surface area contributed by atoms with Crippen LogP contribution in [-0.4, -0.2) is 29.1 Å². The normalized spacial score (nSPS) is 10.3. The minimum absolute atomic E-state index is 0.0279. The van der Waals surface area contributed by atoms with E-state index in [2.05, 4.69) is 4.74 Å². The van der Waals surface area contributed by atoms with Crippen molar-refractivity contribution >= 4 is 23.4 Å². The third-order valence-electron chi connectivity index (χ3n) is 3.35. The summed E-state index contributed by atoms with van der Waals surface area (Å²) in [4.78, 5) is 23.7. The summed E-state index contributed by atoms with van der Waals surface area (Å²) < 4.78 is 4.62. The van der Waals surface area contributed by atoms with Gasteiger partial charge in [0, 0.05) is 18.1 Å². The first kappa shape index (κ1) is 16.8. The van der Waals surface area contributed by atoms with E-state index in [-0.39, 0.29) is 35.1 Å². The molecule has 0 heterocycles. The number of aromatic hydroxyl groups is 2. The number of rotatable bonds is 5. The van der Waals surface area contributed by atoms with Crippen molar-refractivity contribution in [3.05, 3.63) is 58.1 Å². The fourth-order valence-corrected chi connectivity index (χ4v) is 2.39. The van der Waals surface area contributed by atoms with Crippen LogP contribution in [0.25, 0.3) is 0 Å². The smallest absolute Gasteiger partial charge is 0.337 e. The van der Waals surface area contributed by atoms with E-state index in [0.29, 0.717) is 16.7 Å². The summed E-state index contributed by atoms with van der Waals surface area (Å²) in [5, 5.41) is 19.4. The summed E-state index contributed by atoms with van der Waals surface area (Å²) >= 11 is 5.78. The zero-order valence-electron chi connectivity index (χ0n) is 12.4. The summed E-state index contributed by atoms with van der Waals surface area (Å²) in [5.74, 6) is -0.949. The number of carbonyl (C=O) groups is 2. The molecule has 0 amide bonds. The maximum atomic E-state index is 12.2. The van der Waals surface area contributed by atoms with Gasteiger partial charge in [-0.2, -0.15) is 0 Å². The molecule has 0 saturated heterocycles. The summed E-state index contributed by atoms with van der Waals surface area (Å²) in [6.45, 7) is 0. The summed E-state index contributed by atoms with van der Waals surface area (Å²) in [6.07, 6.45) is 0.305. The summed E-state index contributed by atoms with van der Waals surface area (Å²) in [5.41, 5.74) is 1.05. The lowest BCUT2D eigenvalue weighted by molar-refractivity contribution is 0.0600. The molecule has 0 fully saturated rings. The highest BCUT2D eigenvalue weighted by Crippen LogP contribution is 2.32. The van der Waals surface area contributed by atoms with Crippen LogP contribution in [0.3, 0.4) is 0 Å². The van der Waals surface area contributed by atoms with Crippen LogP contribution in [0.1, 0.15) is 32.7 Å². The van der Waals surface area contributed by atoms with Crippen molar-refractivity contribution in [2.75, 3.05) is 7.11 Å². The Balaban J connectivity index is 2.13. The molecule has 2 rings (SSSR count). The predicted molar refractivity (Wildman–Crippen MR) is 85.2 cm³/mol. The number of phenols is 2. The lowest BCUT2D eigenvalue weighted by Crippen LogP contribution is -2.06. The molecule has 0 saturated carbocycles. The summed E-state index contributed by atoms with van der Waals surface area (Å²) in [7, 11) is 1.27. The maximum Gasteiger partial charge on any atom is 0.337 e. The van der Waals surface area contributed by atoms with Gasteiger partial charge in [-0.3, -0.25) is 4.79 Å². The van der Waals surface area contributed by atoms with Gasteiger partial charge in [0.25, 0.3) is 0 Å². The maximum absolute atomic E-state index is 12.2. The zero-order chi connectivity index (χ0) is 17.0. The topological polar surface area (TPSA) is 83.8 Å². The Morgan fingerprint density at radius 3 is 2.52 bits per heavy atom. The van der Waals surface area contributed by atoms with E-state index in [1.807, 2.05) is 0 Å². The third kappa shape index (κ3) is 4.02. The SMILES string of the molecule is COC(=O)c1cccc(C(=O)CCc2cc(O)cc(Cl)c2O)c1. The molecule has 2 aromatic rings. The number of phenolic OH excluding ortho intramolecular Hbond substituents is 2. The van der Waals surface area contributed by atoms with Crippen molar-refractivity contribution in [2.45, 2.75) is 12.8 Å². The first-order chi connectivity index (χ1) is 10.9. The molecule has 0 aliphatic carbocycles. The molecule has 0 aliphatic heterocycles. The van der Waals surface area contributed by atoms with Crippen molar-refractivity contribution in [1.82, 2.24) is 0 Å². The van der Waals surface area contributed by atoms with E-state index in [4.69, 9.17) is 11.6 Å². The third-order valence-corrected chi connectivity index (χ3v) is 3.64. The number of esters is 1. The van der Waals surface area contributed by atoms with Crippen LogP contribution in [-0.2, 0) is 11.2 Å². The molecule has 6 heteroatoms. The monoisotopic (exact) mass is 334 g/mol. The molecular weight excluding hydrogens is 320 g/mol.